The highest BCUT2D eigenvalue weighted by molar-refractivity contribution is 8.15. The molecule has 2 N–H and O–H groups in total. The lowest BCUT2D eigenvalue weighted by Crippen LogP contribution is -2.26. The zero-order chi connectivity index (χ0) is 22.0. The zero-order valence-corrected chi connectivity index (χ0v) is 17.3. The first-order valence-electron chi connectivity index (χ1n) is 8.84. The number of carbonyl (C=O) groups excluding carboxylic acids is 1. The number of aliphatic carboxylic acids is 1. The first kappa shape index (κ1) is 20.8. The topological polar surface area (TPSA) is 147 Å². The second-order valence-corrected chi connectivity index (χ2v) is 9.15. The third-order valence-electron chi connectivity index (χ3n) is 4.18. The fraction of sp³-hybridized carbons (Fsp3) is 0.105. The highest BCUT2D eigenvalue weighted by Gasteiger charge is 2.32. The zero-order valence-electron chi connectivity index (χ0n) is 15.6. The normalized spacial score (nSPS) is 20.5. The maximum Gasteiger partial charge on any atom is 0.305 e. The summed E-state index contributed by atoms with van der Waals surface area (Å²) in [6.07, 6.45) is 1.15. The average Bonchev–Trinajstić information content (AvgIpc) is 3.19. The summed E-state index contributed by atoms with van der Waals surface area (Å²) in [4.78, 5) is 22.5. The number of thioether (sulfide) groups is 1. The molecule has 1 amide bonds. The van der Waals surface area contributed by atoms with Gasteiger partial charge in [-0.15, -0.1) is 9.50 Å². The number of amides is 1. The van der Waals surface area contributed by atoms with Crippen molar-refractivity contribution in [3.8, 4) is 5.75 Å². The lowest BCUT2D eigenvalue weighted by molar-refractivity contribution is -0.138. The van der Waals surface area contributed by atoms with E-state index in [0.29, 0.717) is 16.9 Å². The summed E-state index contributed by atoms with van der Waals surface area (Å²) < 4.78 is 33.5. The number of nitrogens with zero attached hydrogens (tertiary/aromatic N) is 3. The van der Waals surface area contributed by atoms with E-state index >= 15 is 0 Å². The van der Waals surface area contributed by atoms with Crippen LogP contribution < -0.4 is 10.1 Å². The maximum absolute atomic E-state index is 12.1. The molecule has 12 heteroatoms. The molecule has 2 aliphatic rings. The molecule has 0 aliphatic carbocycles. The SMILES string of the molecule is O=C(O)CC1SC(=NN=Cc2ccc(OC3=NS(=O)(=O)c4ccccc43)cc2)NC1=O. The maximum atomic E-state index is 12.1. The number of benzene rings is 2. The Morgan fingerprint density at radius 3 is 2.71 bits per heavy atom. The Labute approximate surface area is 180 Å². The van der Waals surface area contributed by atoms with Crippen molar-refractivity contribution in [2.75, 3.05) is 0 Å². The van der Waals surface area contributed by atoms with Gasteiger partial charge in [-0.25, -0.2) is 0 Å². The van der Waals surface area contributed by atoms with E-state index in [4.69, 9.17) is 9.84 Å². The van der Waals surface area contributed by atoms with Crippen molar-refractivity contribution in [3.05, 3.63) is 59.7 Å². The number of hydrogen-bond acceptors (Lipinski definition) is 8. The predicted octanol–water partition coefficient (Wildman–Crippen LogP) is 1.61. The van der Waals surface area contributed by atoms with Crippen LogP contribution in [0.4, 0.5) is 0 Å². The molecule has 31 heavy (non-hydrogen) atoms. The minimum Gasteiger partial charge on any atom is -0.481 e. The van der Waals surface area contributed by atoms with Crippen LogP contribution in [0.5, 0.6) is 5.75 Å². The van der Waals surface area contributed by atoms with E-state index in [1.54, 1.807) is 42.5 Å². The van der Waals surface area contributed by atoms with Crippen molar-refractivity contribution in [1.29, 1.82) is 0 Å². The summed E-state index contributed by atoms with van der Waals surface area (Å²) in [5.74, 6) is -1.08. The van der Waals surface area contributed by atoms with Gasteiger partial charge in [0.25, 0.3) is 10.0 Å². The van der Waals surface area contributed by atoms with Crippen molar-refractivity contribution in [3.63, 3.8) is 0 Å². The van der Waals surface area contributed by atoms with E-state index in [1.807, 2.05) is 0 Å². The number of carboxylic acids is 1. The molecule has 0 saturated carbocycles. The highest BCUT2D eigenvalue weighted by Crippen LogP contribution is 2.27. The van der Waals surface area contributed by atoms with Crippen LogP contribution in [0.2, 0.25) is 0 Å². The third-order valence-corrected chi connectivity index (χ3v) is 6.58. The van der Waals surface area contributed by atoms with Crippen LogP contribution in [0.15, 0.2) is 68.0 Å². The average molecular weight is 458 g/mol. The molecule has 1 fully saturated rings. The van der Waals surface area contributed by atoms with E-state index in [0.717, 1.165) is 11.8 Å². The van der Waals surface area contributed by atoms with Crippen molar-refractivity contribution in [1.82, 2.24) is 5.32 Å². The number of amidine groups is 1. The van der Waals surface area contributed by atoms with Gasteiger partial charge in [0.2, 0.25) is 11.8 Å². The number of fused-ring (bicyclic) bond motifs is 1. The summed E-state index contributed by atoms with van der Waals surface area (Å²) in [5.41, 5.74) is 1.08. The standard InChI is InChI=1S/C19H14N4O6S2/c24-16(25)9-14-17(26)21-19(30-14)22-20-10-11-5-7-12(8-6-11)29-18-13-3-1-2-4-15(13)31(27,28)23-18/h1-8,10,14H,9H2,(H,24,25)(H,21,22,26). The molecule has 0 bridgehead atoms. The molecule has 2 aromatic carbocycles. The van der Waals surface area contributed by atoms with Crippen molar-refractivity contribution in [2.24, 2.45) is 14.6 Å². The molecular formula is C19H14N4O6S2. The summed E-state index contributed by atoms with van der Waals surface area (Å²) >= 11 is 1.01. The number of carboxylic acid groups (broad SMARTS) is 1. The van der Waals surface area contributed by atoms with Crippen LogP contribution in [-0.4, -0.2) is 47.9 Å². The van der Waals surface area contributed by atoms with E-state index < -0.39 is 27.1 Å². The molecule has 0 aromatic heterocycles. The monoisotopic (exact) mass is 458 g/mol. The molecule has 0 radical (unpaired) electrons. The van der Waals surface area contributed by atoms with Gasteiger partial charge in [-0.05, 0) is 42.0 Å². The summed E-state index contributed by atoms with van der Waals surface area (Å²) in [5, 5.41) is 18.5. The first-order chi connectivity index (χ1) is 14.8. The molecule has 2 aliphatic heterocycles. The van der Waals surface area contributed by atoms with Crippen LogP contribution >= 0.6 is 11.8 Å². The Bertz CT molecular complexity index is 1250. The van der Waals surface area contributed by atoms with Gasteiger partial charge in [-0.3, -0.25) is 9.59 Å². The fourth-order valence-electron chi connectivity index (χ4n) is 2.78. The molecule has 1 saturated heterocycles. The number of nitrogens with one attached hydrogen (secondary N) is 1. The van der Waals surface area contributed by atoms with Crippen LogP contribution in [0.1, 0.15) is 17.5 Å². The van der Waals surface area contributed by atoms with Crippen LogP contribution in [0.25, 0.3) is 0 Å². The van der Waals surface area contributed by atoms with Gasteiger partial charge >= 0.3 is 5.97 Å². The molecule has 2 heterocycles. The lowest BCUT2D eigenvalue weighted by atomic mass is 10.2. The second kappa shape index (κ2) is 8.32. The van der Waals surface area contributed by atoms with Crippen LogP contribution in [0, 0.1) is 0 Å². The van der Waals surface area contributed by atoms with E-state index in [2.05, 4.69) is 19.9 Å². The Balaban J connectivity index is 1.41. The molecule has 1 atom stereocenters. The molecule has 158 valence electrons. The third kappa shape index (κ3) is 4.64. The molecule has 10 nitrogen and oxygen atoms in total. The summed E-state index contributed by atoms with van der Waals surface area (Å²) in [6, 6.07) is 13.0. The second-order valence-electron chi connectivity index (χ2n) is 6.38. The molecule has 1 unspecified atom stereocenters. The Hall–Kier alpha value is -3.51. The van der Waals surface area contributed by atoms with Gasteiger partial charge in [-0.1, -0.05) is 23.9 Å². The molecular weight excluding hydrogens is 444 g/mol. The number of rotatable bonds is 5. The Morgan fingerprint density at radius 2 is 1.97 bits per heavy atom. The summed E-state index contributed by atoms with van der Waals surface area (Å²) in [6.45, 7) is 0. The first-order valence-corrected chi connectivity index (χ1v) is 11.2. The van der Waals surface area contributed by atoms with Crippen molar-refractivity contribution < 1.29 is 27.9 Å². The molecule has 2 aromatic rings. The van der Waals surface area contributed by atoms with Gasteiger partial charge in [0.15, 0.2) is 5.17 Å². The molecule has 4 rings (SSSR count). The minimum atomic E-state index is -3.76. The van der Waals surface area contributed by atoms with E-state index in [9.17, 15) is 18.0 Å². The van der Waals surface area contributed by atoms with Crippen LogP contribution in [-0.2, 0) is 19.6 Å². The quantitative estimate of drug-likeness (QED) is 0.511. The van der Waals surface area contributed by atoms with Gasteiger partial charge < -0.3 is 15.2 Å². The lowest BCUT2D eigenvalue weighted by Gasteiger charge is -2.05. The Morgan fingerprint density at radius 1 is 1.23 bits per heavy atom. The van der Waals surface area contributed by atoms with Crippen LogP contribution in [0.3, 0.4) is 0 Å². The molecule has 0 spiro atoms. The number of carbonyl (C=O) groups is 2. The van der Waals surface area contributed by atoms with E-state index in [1.165, 1.54) is 12.3 Å². The number of sulfonamides is 1. The van der Waals surface area contributed by atoms with Crippen molar-refractivity contribution in [2.45, 2.75) is 16.6 Å². The van der Waals surface area contributed by atoms with Gasteiger partial charge in [0.05, 0.1) is 18.2 Å². The number of hydrogen-bond donors (Lipinski definition) is 2. The minimum absolute atomic E-state index is 0.00771. The van der Waals surface area contributed by atoms with Gasteiger partial charge in [-0.2, -0.15) is 13.5 Å². The number of ether oxygens (including phenoxy) is 1. The predicted molar refractivity (Wildman–Crippen MR) is 114 cm³/mol. The van der Waals surface area contributed by atoms with Gasteiger partial charge in [0.1, 0.15) is 15.9 Å². The largest absolute Gasteiger partial charge is 0.481 e. The van der Waals surface area contributed by atoms with Gasteiger partial charge in [0, 0.05) is 0 Å². The smallest absolute Gasteiger partial charge is 0.305 e. The Kier molecular flexibility index (Phi) is 5.57. The fourth-order valence-corrected chi connectivity index (χ4v) is 4.83. The van der Waals surface area contributed by atoms with E-state index in [-0.39, 0.29) is 22.4 Å². The summed E-state index contributed by atoms with van der Waals surface area (Å²) in [7, 11) is -3.76. The van der Waals surface area contributed by atoms with Crippen molar-refractivity contribution >= 4 is 50.9 Å². The highest BCUT2D eigenvalue weighted by atomic mass is 32.2.